The van der Waals surface area contributed by atoms with Crippen LogP contribution in [0.25, 0.3) is 0 Å². The average molecular weight is 751 g/mol. The van der Waals surface area contributed by atoms with Crippen LogP contribution in [0, 0.1) is 46.3 Å². The molecule has 280 valence electrons. The Morgan fingerprint density at radius 2 is 0.939 bits per heavy atom. The molecule has 8 aliphatic carbocycles. The summed E-state index contributed by atoms with van der Waals surface area (Å²) in [4.78, 5) is 35.8. The summed E-state index contributed by atoms with van der Waals surface area (Å²) in [7, 11) is -12.2. The Hall–Kier alpha value is -2.12. The van der Waals surface area contributed by atoms with Crippen molar-refractivity contribution in [2.75, 3.05) is 19.8 Å². The Kier molecular flexibility index (Phi) is 10.5. The first kappa shape index (κ1) is 38.1. The van der Waals surface area contributed by atoms with Crippen LogP contribution in [-0.2, 0) is 48.8 Å². The van der Waals surface area contributed by atoms with Crippen LogP contribution < -0.4 is 0 Å². The number of alkyl halides is 5. The van der Waals surface area contributed by atoms with Crippen LogP contribution in [0.4, 0.5) is 22.0 Å². The van der Waals surface area contributed by atoms with Gasteiger partial charge in [0, 0.05) is 6.42 Å². The van der Waals surface area contributed by atoms with Crippen molar-refractivity contribution in [1.82, 2.24) is 0 Å². The fourth-order valence-corrected chi connectivity index (χ4v) is 10.8. The molecule has 0 aromatic rings. The molecule has 8 bridgehead atoms. The maximum absolute atomic E-state index is 13.4. The van der Waals surface area contributed by atoms with Crippen molar-refractivity contribution in [3.63, 3.8) is 0 Å². The van der Waals surface area contributed by atoms with Gasteiger partial charge in [-0.2, -0.15) is 17.6 Å². The second-order valence-electron chi connectivity index (χ2n) is 15.0. The van der Waals surface area contributed by atoms with Gasteiger partial charge in [0.15, 0.2) is 26.4 Å². The topological polar surface area (TPSA) is 193 Å². The van der Waals surface area contributed by atoms with Crippen LogP contribution in [0.1, 0.15) is 83.5 Å². The molecule has 0 N–H and O–H groups in total. The minimum absolute atomic E-state index is 0.411. The van der Waals surface area contributed by atoms with Gasteiger partial charge in [0.2, 0.25) is 0 Å². The molecule has 8 aliphatic rings. The molecular formula is C30H39F5O12S2-2. The number of hydrogen-bond donors (Lipinski definition) is 0. The molecule has 0 radical (unpaired) electrons. The van der Waals surface area contributed by atoms with E-state index in [9.17, 15) is 62.3 Å². The van der Waals surface area contributed by atoms with E-state index in [0.29, 0.717) is 35.5 Å². The molecule has 1 atom stereocenters. The van der Waals surface area contributed by atoms with E-state index in [1.54, 1.807) is 0 Å². The molecule has 0 amide bonds. The van der Waals surface area contributed by atoms with Crippen LogP contribution >= 0.6 is 0 Å². The normalized spacial score (nSPS) is 35.2. The lowest BCUT2D eigenvalue weighted by molar-refractivity contribution is -0.176. The van der Waals surface area contributed by atoms with E-state index in [0.717, 1.165) is 77.0 Å². The molecule has 19 heteroatoms. The lowest BCUT2D eigenvalue weighted by Gasteiger charge is -2.55. The van der Waals surface area contributed by atoms with E-state index in [2.05, 4.69) is 4.74 Å². The largest absolute Gasteiger partial charge is 0.743 e. The third kappa shape index (κ3) is 7.73. The zero-order valence-corrected chi connectivity index (χ0v) is 28.1. The minimum Gasteiger partial charge on any atom is -0.743 e. The quantitative estimate of drug-likeness (QED) is 0.0916. The number of carbonyl (C=O) groups excluding carboxylic acids is 3. The van der Waals surface area contributed by atoms with Crippen LogP contribution in [-0.4, -0.2) is 80.4 Å². The first-order valence-corrected chi connectivity index (χ1v) is 19.2. The fraction of sp³-hybridized carbons (Fsp3) is 0.900. The van der Waals surface area contributed by atoms with Gasteiger partial charge in [0.1, 0.15) is 13.2 Å². The number of halogens is 5. The number of esters is 3. The predicted molar refractivity (Wildman–Crippen MR) is 153 cm³/mol. The lowest BCUT2D eigenvalue weighted by Crippen LogP contribution is -2.50. The first-order valence-electron chi connectivity index (χ1n) is 16.4. The molecule has 0 aromatic heterocycles. The third-order valence-corrected chi connectivity index (χ3v) is 13.1. The van der Waals surface area contributed by atoms with E-state index >= 15 is 0 Å². The molecule has 49 heavy (non-hydrogen) atoms. The van der Waals surface area contributed by atoms with Crippen molar-refractivity contribution in [2.24, 2.45) is 46.3 Å². The maximum Gasteiger partial charge on any atom is 0.428 e. The average Bonchev–Trinajstić information content (AvgIpc) is 2.96. The van der Waals surface area contributed by atoms with Crippen molar-refractivity contribution in [3.05, 3.63) is 0 Å². The van der Waals surface area contributed by atoms with Crippen molar-refractivity contribution in [3.8, 4) is 0 Å². The van der Waals surface area contributed by atoms with Gasteiger partial charge in [-0.3, -0.25) is 9.59 Å². The highest BCUT2D eigenvalue weighted by Crippen LogP contribution is 2.61. The SMILES string of the molecule is O=C(OCCC(F)C(F)(F)S(=O)(=O)[O-])C12CC3CC(CC(C3)C1)C2.O=C(OCCOC(=O)C(F)(F)S(=O)(=O)[O-])C12CC3CC(CC(C3)C1)C2. The first-order chi connectivity index (χ1) is 22.6. The molecule has 1 unspecified atom stereocenters. The third-order valence-electron chi connectivity index (χ3n) is 11.3. The van der Waals surface area contributed by atoms with Crippen LogP contribution in [0.3, 0.4) is 0 Å². The molecule has 0 heterocycles. The second-order valence-corrected chi connectivity index (χ2v) is 17.9. The molecule has 8 fully saturated rings. The summed E-state index contributed by atoms with van der Waals surface area (Å²) >= 11 is 0. The zero-order valence-electron chi connectivity index (χ0n) is 26.5. The second kappa shape index (κ2) is 13.5. The van der Waals surface area contributed by atoms with Gasteiger partial charge in [0.25, 0.3) is 0 Å². The molecule has 12 nitrogen and oxygen atoms in total. The Morgan fingerprint density at radius 3 is 1.27 bits per heavy atom. The van der Waals surface area contributed by atoms with Crippen LogP contribution in [0.5, 0.6) is 0 Å². The summed E-state index contributed by atoms with van der Waals surface area (Å²) < 4.78 is 141. The highest BCUT2D eigenvalue weighted by atomic mass is 32.2. The highest BCUT2D eigenvalue weighted by Gasteiger charge is 2.57. The summed E-state index contributed by atoms with van der Waals surface area (Å²) in [6.45, 7) is -1.85. The molecule has 8 rings (SSSR count). The Morgan fingerprint density at radius 1 is 0.612 bits per heavy atom. The van der Waals surface area contributed by atoms with E-state index in [1.807, 2.05) is 0 Å². The number of ether oxygens (including phenoxy) is 3. The monoisotopic (exact) mass is 750 g/mol. The number of hydrogen-bond acceptors (Lipinski definition) is 12. The van der Waals surface area contributed by atoms with Crippen LogP contribution in [0.2, 0.25) is 0 Å². The Balaban J connectivity index is 0.000000191. The van der Waals surface area contributed by atoms with Gasteiger partial charge < -0.3 is 23.3 Å². The van der Waals surface area contributed by atoms with E-state index < -0.39 is 91.9 Å². The molecule has 0 spiro atoms. The van der Waals surface area contributed by atoms with E-state index in [1.165, 1.54) is 0 Å². The Labute approximate surface area is 280 Å². The van der Waals surface area contributed by atoms with Gasteiger partial charge in [-0.05, 0) is 113 Å². The standard InChI is InChI=1S/C15H21F3O5S.C15H20F2O7S/c16-12(15(17,18)24(20,21)22)1-2-23-13(19)14-6-9-3-10(7-14)5-11(4-9)8-14;16-15(17,25(20,21)22)13(19)24-2-1-23-12(18)14-6-9-3-10(7-14)5-11(4-9)8-14/h9-12H,1-8H2,(H,20,21,22);9-11H,1-8H2,(H,20,21,22)/p-2. The number of rotatable bonds is 12. The summed E-state index contributed by atoms with van der Waals surface area (Å²) in [5.74, 6) is -0.318. The Bertz CT molecular complexity index is 1450. The summed E-state index contributed by atoms with van der Waals surface area (Å²) in [6, 6.07) is 0. The van der Waals surface area contributed by atoms with Crippen molar-refractivity contribution in [1.29, 1.82) is 0 Å². The van der Waals surface area contributed by atoms with Crippen molar-refractivity contribution in [2.45, 2.75) is 100 Å². The number of carbonyl (C=O) groups is 3. The fourth-order valence-electron chi connectivity index (χ4n) is 10.1. The maximum atomic E-state index is 13.4. The van der Waals surface area contributed by atoms with Crippen molar-refractivity contribution < 1.29 is 76.5 Å². The van der Waals surface area contributed by atoms with Crippen LogP contribution in [0.15, 0.2) is 0 Å². The van der Waals surface area contributed by atoms with Gasteiger partial charge in [-0.1, -0.05) is 0 Å². The summed E-state index contributed by atoms with van der Waals surface area (Å²) in [6.07, 6.45) is 7.04. The van der Waals surface area contributed by atoms with E-state index in [-0.39, 0.29) is 0 Å². The van der Waals surface area contributed by atoms with Gasteiger partial charge in [0.05, 0.1) is 17.4 Å². The molecule has 0 aliphatic heterocycles. The molecule has 0 saturated heterocycles. The molecule has 8 saturated carbocycles. The van der Waals surface area contributed by atoms with Gasteiger partial charge >= 0.3 is 28.4 Å². The lowest BCUT2D eigenvalue weighted by atomic mass is 9.49. The van der Waals surface area contributed by atoms with Gasteiger partial charge in [-0.15, -0.1) is 0 Å². The van der Waals surface area contributed by atoms with E-state index in [4.69, 9.17) is 9.47 Å². The zero-order chi connectivity index (χ0) is 36.2. The summed E-state index contributed by atoms with van der Waals surface area (Å²) in [5.41, 5.74) is -1.12. The predicted octanol–water partition coefficient (Wildman–Crippen LogP) is 4.04. The summed E-state index contributed by atoms with van der Waals surface area (Å²) in [5, 5.41) is -10.2. The minimum atomic E-state index is -6.15. The highest BCUT2D eigenvalue weighted by molar-refractivity contribution is 7.87. The van der Waals surface area contributed by atoms with Crippen molar-refractivity contribution >= 4 is 38.1 Å². The smallest absolute Gasteiger partial charge is 0.428 e. The molecular weight excluding hydrogens is 711 g/mol. The molecule has 0 aromatic carbocycles. The van der Waals surface area contributed by atoms with Gasteiger partial charge in [-0.25, -0.2) is 26.0 Å².